The molecule has 14 unspecified atom stereocenters. The Morgan fingerprint density at radius 1 is 0.884 bits per heavy atom. The summed E-state index contributed by atoms with van der Waals surface area (Å²) in [7, 11) is 0. The highest BCUT2D eigenvalue weighted by Crippen LogP contribution is 2.53. The molecule has 0 aromatic carbocycles. The van der Waals surface area contributed by atoms with E-state index in [1.165, 1.54) is 64.2 Å². The average Bonchev–Trinajstić information content (AvgIpc) is 3.45. The highest BCUT2D eigenvalue weighted by atomic mass is 16.3. The van der Waals surface area contributed by atoms with Gasteiger partial charge in [0.15, 0.2) is 0 Å². The lowest BCUT2D eigenvalue weighted by atomic mass is 9.60. The van der Waals surface area contributed by atoms with Gasteiger partial charge in [0.1, 0.15) is 0 Å². The van der Waals surface area contributed by atoms with E-state index in [-0.39, 0.29) is 19.1 Å². The molecule has 2 nitrogen and oxygen atoms in total. The van der Waals surface area contributed by atoms with Crippen molar-refractivity contribution in [3.63, 3.8) is 0 Å². The van der Waals surface area contributed by atoms with E-state index < -0.39 is 0 Å². The van der Waals surface area contributed by atoms with Gasteiger partial charge in [-0.3, -0.25) is 0 Å². The number of hydrogen-bond acceptors (Lipinski definition) is 2. The summed E-state index contributed by atoms with van der Waals surface area (Å²) in [5, 5.41) is 21.4. The standard InChI is InChI=1S/C41H75O2/c1-10-15-39-33(21-20-27(4)5)17-14-18-37(39)30(8)29(7)22-35(25-42)40-24-34(23-36(40)26-43)31(9)38-19-13-16-32(12-3)41(38)28(6)11-2/h10,24,27-43H,1,11-23,25-26H2,2-9H3/q-1. The Balaban J connectivity index is 1.69. The van der Waals surface area contributed by atoms with Crippen molar-refractivity contribution in [2.45, 2.75) is 139 Å². The second-order valence-electron chi connectivity index (χ2n) is 16.7. The molecule has 14 atom stereocenters. The van der Waals surface area contributed by atoms with E-state index in [0.717, 1.165) is 66.6 Å². The Bertz CT molecular complexity index is 776. The molecule has 0 spiro atoms. The molecule has 3 aliphatic rings. The SMILES string of the molecule is C=CCC1C(CCC(C)C)CCCC1C(C)C(C)CC(CO)C1[CH-]C(C(C)C2CCCC(CC)C2C(C)CC)CC1CO. The van der Waals surface area contributed by atoms with Crippen LogP contribution in [-0.4, -0.2) is 23.4 Å². The van der Waals surface area contributed by atoms with Gasteiger partial charge < -0.3 is 16.6 Å². The molecule has 0 saturated heterocycles. The average molecular weight is 600 g/mol. The van der Waals surface area contributed by atoms with E-state index in [1.807, 2.05) is 0 Å². The maximum Gasteiger partial charge on any atom is 0.0437 e. The molecule has 3 saturated carbocycles. The molecular formula is C41H75O2-. The first-order valence-electron chi connectivity index (χ1n) is 19.3. The lowest BCUT2D eigenvalue weighted by Gasteiger charge is -2.47. The zero-order chi connectivity index (χ0) is 31.7. The third kappa shape index (κ3) is 9.36. The highest BCUT2D eigenvalue weighted by Gasteiger charge is 2.42. The molecule has 252 valence electrons. The van der Waals surface area contributed by atoms with Gasteiger partial charge in [-0.25, -0.2) is 0 Å². The molecule has 0 heterocycles. The van der Waals surface area contributed by atoms with Crippen LogP contribution in [0.25, 0.3) is 0 Å². The molecule has 0 bridgehead atoms. The Kier molecular flexibility index (Phi) is 15.6. The molecule has 3 rings (SSSR count). The van der Waals surface area contributed by atoms with Crippen LogP contribution in [-0.2, 0) is 0 Å². The summed E-state index contributed by atoms with van der Waals surface area (Å²) in [6.45, 7) is 24.3. The van der Waals surface area contributed by atoms with Crippen LogP contribution in [0.5, 0.6) is 0 Å². The molecule has 3 aliphatic carbocycles. The van der Waals surface area contributed by atoms with Gasteiger partial charge in [0.25, 0.3) is 0 Å². The minimum Gasteiger partial charge on any atom is -0.396 e. The van der Waals surface area contributed by atoms with Crippen molar-refractivity contribution >= 4 is 0 Å². The van der Waals surface area contributed by atoms with E-state index in [9.17, 15) is 10.2 Å². The summed E-state index contributed by atoms with van der Waals surface area (Å²) in [6, 6.07) is 0. The second-order valence-corrected chi connectivity index (χ2v) is 16.7. The van der Waals surface area contributed by atoms with Crippen molar-refractivity contribution in [2.24, 2.45) is 88.8 Å². The Morgan fingerprint density at radius 2 is 1.56 bits per heavy atom. The highest BCUT2D eigenvalue weighted by molar-refractivity contribution is 5.03. The van der Waals surface area contributed by atoms with Crippen molar-refractivity contribution < 1.29 is 10.2 Å². The van der Waals surface area contributed by atoms with Gasteiger partial charge in [-0.2, -0.15) is 11.8 Å². The smallest absolute Gasteiger partial charge is 0.0437 e. The minimum absolute atomic E-state index is 0.254. The number of rotatable bonds is 17. The molecule has 2 heteroatoms. The van der Waals surface area contributed by atoms with Gasteiger partial charge in [-0.15, -0.1) is 6.58 Å². The van der Waals surface area contributed by atoms with E-state index in [1.54, 1.807) is 0 Å². The number of allylic oxidation sites excluding steroid dienone is 1. The van der Waals surface area contributed by atoms with Gasteiger partial charge in [-0.05, 0) is 103 Å². The van der Waals surface area contributed by atoms with Crippen molar-refractivity contribution in [2.75, 3.05) is 13.2 Å². The van der Waals surface area contributed by atoms with Gasteiger partial charge in [-0.1, -0.05) is 119 Å². The summed E-state index contributed by atoms with van der Waals surface area (Å²) >= 11 is 0. The third-order valence-corrected chi connectivity index (χ3v) is 14.0. The Hall–Kier alpha value is -0.340. The Morgan fingerprint density at radius 3 is 2.14 bits per heavy atom. The summed E-state index contributed by atoms with van der Waals surface area (Å²) in [5.74, 6) is 9.91. The lowest BCUT2D eigenvalue weighted by molar-refractivity contribution is 0.0416. The predicted octanol–water partition coefficient (Wildman–Crippen LogP) is 10.9. The van der Waals surface area contributed by atoms with Crippen LogP contribution in [0, 0.1) is 95.2 Å². The first-order chi connectivity index (χ1) is 20.6. The topological polar surface area (TPSA) is 40.5 Å². The molecule has 0 aromatic heterocycles. The number of hydrogen-bond donors (Lipinski definition) is 2. The largest absolute Gasteiger partial charge is 0.396 e. The summed E-state index contributed by atoms with van der Waals surface area (Å²) < 4.78 is 0. The third-order valence-electron chi connectivity index (χ3n) is 14.0. The quantitative estimate of drug-likeness (QED) is 0.129. The normalized spacial score (nSPS) is 37.1. The number of aliphatic hydroxyl groups is 2. The maximum atomic E-state index is 10.8. The van der Waals surface area contributed by atoms with Crippen LogP contribution >= 0.6 is 0 Å². The zero-order valence-electron chi connectivity index (χ0n) is 30.0. The molecule has 43 heavy (non-hydrogen) atoms. The van der Waals surface area contributed by atoms with Crippen molar-refractivity contribution in [1.29, 1.82) is 0 Å². The van der Waals surface area contributed by atoms with E-state index in [2.05, 4.69) is 74.5 Å². The van der Waals surface area contributed by atoms with Crippen molar-refractivity contribution in [3.8, 4) is 0 Å². The van der Waals surface area contributed by atoms with E-state index in [0.29, 0.717) is 35.5 Å². The van der Waals surface area contributed by atoms with Crippen LogP contribution in [0.2, 0.25) is 0 Å². The molecular weight excluding hydrogens is 524 g/mol. The summed E-state index contributed by atoms with van der Waals surface area (Å²) in [4.78, 5) is 0. The second kappa shape index (κ2) is 18.1. The molecule has 0 aromatic rings. The summed E-state index contributed by atoms with van der Waals surface area (Å²) in [6.07, 6.45) is 21.9. The van der Waals surface area contributed by atoms with Gasteiger partial charge in [0, 0.05) is 13.2 Å². The van der Waals surface area contributed by atoms with E-state index >= 15 is 0 Å². The molecule has 0 radical (unpaired) electrons. The fourth-order valence-corrected chi connectivity index (χ4v) is 11.1. The van der Waals surface area contributed by atoms with Crippen LogP contribution in [0.3, 0.4) is 0 Å². The molecule has 0 amide bonds. The van der Waals surface area contributed by atoms with Crippen LogP contribution < -0.4 is 0 Å². The first kappa shape index (κ1) is 37.1. The van der Waals surface area contributed by atoms with E-state index in [4.69, 9.17) is 0 Å². The fourth-order valence-electron chi connectivity index (χ4n) is 11.1. The van der Waals surface area contributed by atoms with Gasteiger partial charge in [0.2, 0.25) is 0 Å². The van der Waals surface area contributed by atoms with Crippen LogP contribution in [0.15, 0.2) is 12.7 Å². The number of aliphatic hydroxyl groups excluding tert-OH is 2. The maximum absolute atomic E-state index is 10.8. The monoisotopic (exact) mass is 600 g/mol. The lowest BCUT2D eigenvalue weighted by Crippen LogP contribution is -2.38. The van der Waals surface area contributed by atoms with Crippen LogP contribution in [0.1, 0.15) is 139 Å². The molecule has 0 aliphatic heterocycles. The zero-order valence-corrected chi connectivity index (χ0v) is 30.0. The Labute approximate surface area is 269 Å². The molecule has 3 fully saturated rings. The molecule has 2 N–H and O–H groups in total. The predicted molar refractivity (Wildman–Crippen MR) is 186 cm³/mol. The summed E-state index contributed by atoms with van der Waals surface area (Å²) in [5.41, 5.74) is 0. The first-order valence-corrected chi connectivity index (χ1v) is 19.3. The van der Waals surface area contributed by atoms with Gasteiger partial charge >= 0.3 is 0 Å². The fraction of sp³-hybridized carbons (Fsp3) is 0.927. The minimum atomic E-state index is 0.254. The van der Waals surface area contributed by atoms with Crippen LogP contribution in [0.4, 0.5) is 0 Å². The van der Waals surface area contributed by atoms with Crippen molar-refractivity contribution in [1.82, 2.24) is 0 Å². The van der Waals surface area contributed by atoms with Gasteiger partial charge in [0.05, 0.1) is 0 Å². The van der Waals surface area contributed by atoms with Crippen molar-refractivity contribution in [3.05, 3.63) is 19.1 Å².